The van der Waals surface area contributed by atoms with Gasteiger partial charge in [0.2, 0.25) is 0 Å². The van der Waals surface area contributed by atoms with Crippen molar-refractivity contribution in [2.24, 2.45) is 0 Å². The van der Waals surface area contributed by atoms with E-state index in [4.69, 9.17) is 0 Å². The lowest BCUT2D eigenvalue weighted by atomic mass is 9.98. The first kappa shape index (κ1) is 17.1. The Balaban J connectivity index is 1.55. The summed E-state index contributed by atoms with van der Waals surface area (Å²) in [6, 6.07) is 34.8. The predicted molar refractivity (Wildman–Crippen MR) is 117 cm³/mol. The van der Waals surface area contributed by atoms with Crippen molar-refractivity contribution in [1.82, 2.24) is 0 Å². The molecule has 0 aliphatic carbocycles. The SMILES string of the molecule is CNc1ccc(-c2ccc(-c3ccc(-c4ccc(C)cc4)cc3)cc2)cc1. The zero-order valence-electron chi connectivity index (χ0n) is 15.7. The van der Waals surface area contributed by atoms with E-state index in [0.29, 0.717) is 0 Å². The predicted octanol–water partition coefficient (Wildman–Crippen LogP) is 7.04. The van der Waals surface area contributed by atoms with E-state index in [-0.39, 0.29) is 0 Å². The Bertz CT molecular complexity index is 1010. The fourth-order valence-corrected chi connectivity index (χ4v) is 3.29. The van der Waals surface area contributed by atoms with E-state index in [2.05, 4.69) is 109 Å². The van der Waals surface area contributed by atoms with E-state index in [1.165, 1.54) is 38.9 Å². The van der Waals surface area contributed by atoms with Crippen molar-refractivity contribution in [2.75, 3.05) is 12.4 Å². The van der Waals surface area contributed by atoms with Crippen LogP contribution < -0.4 is 5.32 Å². The van der Waals surface area contributed by atoms with E-state index in [0.717, 1.165) is 5.69 Å². The minimum absolute atomic E-state index is 1.13. The van der Waals surface area contributed by atoms with E-state index < -0.39 is 0 Å². The number of anilines is 1. The topological polar surface area (TPSA) is 12.0 Å². The van der Waals surface area contributed by atoms with Crippen LogP contribution >= 0.6 is 0 Å². The maximum absolute atomic E-state index is 3.16. The van der Waals surface area contributed by atoms with Gasteiger partial charge < -0.3 is 5.32 Å². The highest BCUT2D eigenvalue weighted by atomic mass is 14.8. The van der Waals surface area contributed by atoms with Crippen LogP contribution in [-0.4, -0.2) is 7.05 Å². The Morgan fingerprint density at radius 2 is 0.667 bits per heavy atom. The van der Waals surface area contributed by atoms with E-state index in [9.17, 15) is 0 Å². The molecule has 132 valence electrons. The zero-order valence-corrected chi connectivity index (χ0v) is 15.7. The first-order valence-corrected chi connectivity index (χ1v) is 9.29. The van der Waals surface area contributed by atoms with Gasteiger partial charge in [0.15, 0.2) is 0 Å². The molecule has 0 saturated carbocycles. The van der Waals surface area contributed by atoms with Gasteiger partial charge in [-0.15, -0.1) is 0 Å². The van der Waals surface area contributed by atoms with Crippen LogP contribution in [0.15, 0.2) is 97.1 Å². The van der Waals surface area contributed by atoms with Crippen LogP contribution in [-0.2, 0) is 0 Å². The quantitative estimate of drug-likeness (QED) is 0.417. The summed E-state index contributed by atoms with van der Waals surface area (Å²) in [6.07, 6.45) is 0. The molecular weight excluding hydrogens is 326 g/mol. The molecule has 0 saturated heterocycles. The minimum atomic E-state index is 1.13. The molecule has 1 nitrogen and oxygen atoms in total. The average molecular weight is 349 g/mol. The van der Waals surface area contributed by atoms with Crippen LogP contribution in [0.1, 0.15) is 5.56 Å². The number of hydrogen-bond donors (Lipinski definition) is 1. The summed E-state index contributed by atoms with van der Waals surface area (Å²) >= 11 is 0. The number of aryl methyl sites for hydroxylation is 1. The zero-order chi connectivity index (χ0) is 18.6. The number of benzene rings is 4. The second-order valence-electron chi connectivity index (χ2n) is 6.85. The molecule has 0 aromatic heterocycles. The van der Waals surface area contributed by atoms with Gasteiger partial charge in [0.1, 0.15) is 0 Å². The first-order chi connectivity index (χ1) is 13.2. The third kappa shape index (κ3) is 3.78. The van der Waals surface area contributed by atoms with Crippen molar-refractivity contribution in [2.45, 2.75) is 6.92 Å². The summed E-state index contributed by atoms with van der Waals surface area (Å²) in [5.74, 6) is 0. The van der Waals surface area contributed by atoms with Crippen molar-refractivity contribution >= 4 is 5.69 Å². The largest absolute Gasteiger partial charge is 0.388 e. The number of rotatable bonds is 4. The Labute approximate surface area is 161 Å². The van der Waals surface area contributed by atoms with Gasteiger partial charge in [-0.05, 0) is 52.4 Å². The maximum atomic E-state index is 3.16. The molecule has 4 rings (SSSR count). The molecular formula is C26H23N. The summed E-state index contributed by atoms with van der Waals surface area (Å²) < 4.78 is 0. The molecule has 0 bridgehead atoms. The van der Waals surface area contributed by atoms with Gasteiger partial charge in [-0.3, -0.25) is 0 Å². The van der Waals surface area contributed by atoms with Crippen molar-refractivity contribution in [1.29, 1.82) is 0 Å². The molecule has 0 radical (unpaired) electrons. The second-order valence-corrected chi connectivity index (χ2v) is 6.85. The standard InChI is InChI=1S/C26H23N/c1-19-3-5-20(6-4-19)21-7-9-22(10-8-21)23-11-13-24(14-12-23)25-15-17-26(27-2)18-16-25/h3-18,27H,1-2H3. The van der Waals surface area contributed by atoms with Crippen molar-refractivity contribution in [3.8, 4) is 33.4 Å². The average Bonchev–Trinajstić information content (AvgIpc) is 2.75. The number of nitrogens with one attached hydrogen (secondary N) is 1. The van der Waals surface area contributed by atoms with Gasteiger partial charge in [-0.25, -0.2) is 0 Å². The molecule has 0 heterocycles. The molecule has 0 aliphatic rings. The van der Waals surface area contributed by atoms with Crippen LogP contribution in [0.2, 0.25) is 0 Å². The summed E-state index contributed by atoms with van der Waals surface area (Å²) in [5.41, 5.74) is 9.87. The van der Waals surface area contributed by atoms with Gasteiger partial charge in [0, 0.05) is 12.7 Å². The van der Waals surface area contributed by atoms with Crippen molar-refractivity contribution < 1.29 is 0 Å². The first-order valence-electron chi connectivity index (χ1n) is 9.29. The third-order valence-electron chi connectivity index (χ3n) is 4.99. The fraction of sp³-hybridized carbons (Fsp3) is 0.0769. The van der Waals surface area contributed by atoms with Gasteiger partial charge >= 0.3 is 0 Å². The summed E-state index contributed by atoms with van der Waals surface area (Å²) in [7, 11) is 1.94. The molecule has 0 unspecified atom stereocenters. The van der Waals surface area contributed by atoms with E-state index >= 15 is 0 Å². The van der Waals surface area contributed by atoms with Crippen molar-refractivity contribution in [3.63, 3.8) is 0 Å². The van der Waals surface area contributed by atoms with E-state index in [1.54, 1.807) is 0 Å². The maximum Gasteiger partial charge on any atom is 0.0337 e. The highest BCUT2D eigenvalue weighted by Gasteiger charge is 2.02. The Hall–Kier alpha value is -3.32. The molecule has 1 N–H and O–H groups in total. The summed E-state index contributed by atoms with van der Waals surface area (Å²) in [6.45, 7) is 2.12. The lowest BCUT2D eigenvalue weighted by Crippen LogP contribution is -1.87. The van der Waals surface area contributed by atoms with Crippen LogP contribution in [0.4, 0.5) is 5.69 Å². The summed E-state index contributed by atoms with van der Waals surface area (Å²) in [5, 5.41) is 3.16. The molecule has 0 spiro atoms. The molecule has 0 amide bonds. The molecule has 4 aromatic carbocycles. The highest BCUT2D eigenvalue weighted by molar-refractivity contribution is 5.73. The summed E-state index contributed by atoms with van der Waals surface area (Å²) in [4.78, 5) is 0. The monoisotopic (exact) mass is 349 g/mol. The highest BCUT2D eigenvalue weighted by Crippen LogP contribution is 2.28. The second kappa shape index (κ2) is 7.51. The van der Waals surface area contributed by atoms with E-state index in [1.807, 2.05) is 7.05 Å². The Morgan fingerprint density at radius 3 is 0.963 bits per heavy atom. The van der Waals surface area contributed by atoms with Crippen LogP contribution in [0.3, 0.4) is 0 Å². The molecule has 0 atom stereocenters. The van der Waals surface area contributed by atoms with Crippen LogP contribution in [0.25, 0.3) is 33.4 Å². The Morgan fingerprint density at radius 1 is 0.407 bits per heavy atom. The third-order valence-corrected chi connectivity index (χ3v) is 4.99. The van der Waals surface area contributed by atoms with Gasteiger partial charge in [0.25, 0.3) is 0 Å². The van der Waals surface area contributed by atoms with Crippen LogP contribution in [0, 0.1) is 6.92 Å². The van der Waals surface area contributed by atoms with Gasteiger partial charge in [0.05, 0.1) is 0 Å². The number of hydrogen-bond acceptors (Lipinski definition) is 1. The fourth-order valence-electron chi connectivity index (χ4n) is 3.29. The van der Waals surface area contributed by atoms with Gasteiger partial charge in [-0.2, -0.15) is 0 Å². The lowest BCUT2D eigenvalue weighted by Gasteiger charge is -2.08. The molecule has 0 fully saturated rings. The Kier molecular flexibility index (Phi) is 4.76. The van der Waals surface area contributed by atoms with Crippen LogP contribution in [0.5, 0.6) is 0 Å². The molecule has 27 heavy (non-hydrogen) atoms. The lowest BCUT2D eigenvalue weighted by molar-refractivity contribution is 1.47. The smallest absolute Gasteiger partial charge is 0.0337 e. The molecule has 1 heteroatoms. The van der Waals surface area contributed by atoms with Crippen molar-refractivity contribution in [3.05, 3.63) is 103 Å². The minimum Gasteiger partial charge on any atom is -0.388 e. The molecule has 4 aromatic rings. The van der Waals surface area contributed by atoms with Gasteiger partial charge in [-0.1, -0.05) is 90.5 Å². The normalized spacial score (nSPS) is 10.6. The molecule has 0 aliphatic heterocycles.